The zero-order valence-corrected chi connectivity index (χ0v) is 25.4. The molecule has 0 aliphatic rings. The second-order valence-electron chi connectivity index (χ2n) is 9.53. The molecular weight excluding hydrogens is 621 g/mol. The van der Waals surface area contributed by atoms with Crippen molar-refractivity contribution in [1.29, 1.82) is 0 Å². The van der Waals surface area contributed by atoms with Gasteiger partial charge in [0.1, 0.15) is 18.4 Å². The lowest BCUT2D eigenvalue weighted by atomic mass is 10.0. The Kier molecular flexibility index (Phi) is 10.5. The first-order chi connectivity index (χ1) is 20.2. The van der Waals surface area contributed by atoms with Gasteiger partial charge in [-0.1, -0.05) is 88.7 Å². The number of para-hydroxylation sites is 1. The first kappa shape index (κ1) is 30.9. The summed E-state index contributed by atoms with van der Waals surface area (Å²) in [6.45, 7) is 1.41. The molecule has 2 amide bonds. The summed E-state index contributed by atoms with van der Waals surface area (Å²) in [7, 11) is -4.36. The normalized spacial score (nSPS) is 11.9. The Hall–Kier alpha value is -4.02. The van der Waals surface area contributed by atoms with Crippen molar-refractivity contribution < 1.29 is 22.4 Å². The van der Waals surface area contributed by atoms with Crippen LogP contribution in [0.3, 0.4) is 0 Å². The maximum absolute atomic E-state index is 15.1. The van der Waals surface area contributed by atoms with Crippen LogP contribution in [0.1, 0.15) is 18.1 Å². The highest BCUT2D eigenvalue weighted by atomic mass is 79.9. The summed E-state index contributed by atoms with van der Waals surface area (Å²) < 4.78 is 44.3. The third kappa shape index (κ3) is 7.63. The number of nitrogens with zero attached hydrogens (tertiary/aromatic N) is 2. The molecule has 4 aromatic carbocycles. The number of benzene rings is 4. The van der Waals surface area contributed by atoms with Crippen LogP contribution in [-0.2, 0) is 32.6 Å². The molecule has 1 N–H and O–H groups in total. The summed E-state index contributed by atoms with van der Waals surface area (Å²) in [4.78, 5) is 29.0. The molecule has 4 aromatic rings. The van der Waals surface area contributed by atoms with Gasteiger partial charge < -0.3 is 10.2 Å². The third-order valence-electron chi connectivity index (χ3n) is 6.60. The predicted molar refractivity (Wildman–Crippen MR) is 165 cm³/mol. The second-order valence-corrected chi connectivity index (χ2v) is 12.3. The molecule has 0 bridgehead atoms. The Morgan fingerprint density at radius 1 is 0.857 bits per heavy atom. The van der Waals surface area contributed by atoms with Crippen LogP contribution in [0, 0.1) is 5.82 Å². The second kappa shape index (κ2) is 14.2. The lowest BCUT2D eigenvalue weighted by molar-refractivity contribution is -0.140. The van der Waals surface area contributed by atoms with Gasteiger partial charge in [0, 0.05) is 24.0 Å². The molecule has 0 aliphatic carbocycles. The SMILES string of the molecule is CCNC(=O)[C@H](Cc1ccccc1)N(Cc1cccc(Br)c1)C(=O)CN(c1ccccc1F)S(=O)(=O)c1ccccc1. The van der Waals surface area contributed by atoms with Gasteiger partial charge in [-0.3, -0.25) is 13.9 Å². The highest BCUT2D eigenvalue weighted by Gasteiger charge is 2.35. The molecule has 4 rings (SSSR count). The van der Waals surface area contributed by atoms with Crippen molar-refractivity contribution in [3.8, 4) is 0 Å². The lowest BCUT2D eigenvalue weighted by Gasteiger charge is -2.34. The van der Waals surface area contributed by atoms with E-state index in [1.165, 1.54) is 35.2 Å². The van der Waals surface area contributed by atoms with Gasteiger partial charge in [-0.2, -0.15) is 0 Å². The predicted octanol–water partition coefficient (Wildman–Crippen LogP) is 5.56. The summed E-state index contributed by atoms with van der Waals surface area (Å²) in [6, 6.07) is 28.5. The number of hydrogen-bond acceptors (Lipinski definition) is 4. The van der Waals surface area contributed by atoms with E-state index < -0.39 is 34.3 Å². The molecule has 0 unspecified atom stereocenters. The number of hydrogen-bond donors (Lipinski definition) is 1. The van der Waals surface area contributed by atoms with Gasteiger partial charge >= 0.3 is 0 Å². The minimum atomic E-state index is -4.36. The highest BCUT2D eigenvalue weighted by Crippen LogP contribution is 2.27. The fourth-order valence-corrected chi connectivity index (χ4v) is 6.45. The number of nitrogens with one attached hydrogen (secondary N) is 1. The Morgan fingerprint density at radius 2 is 1.48 bits per heavy atom. The number of halogens is 2. The van der Waals surface area contributed by atoms with Crippen LogP contribution in [-0.4, -0.2) is 44.3 Å². The van der Waals surface area contributed by atoms with Gasteiger partial charge in [0.05, 0.1) is 10.6 Å². The zero-order chi connectivity index (χ0) is 30.1. The van der Waals surface area contributed by atoms with E-state index in [1.807, 2.05) is 54.6 Å². The van der Waals surface area contributed by atoms with Gasteiger partial charge in [0.25, 0.3) is 10.0 Å². The summed E-state index contributed by atoms with van der Waals surface area (Å²) in [5, 5.41) is 2.81. The van der Waals surface area contributed by atoms with E-state index in [9.17, 15) is 18.0 Å². The molecule has 0 saturated carbocycles. The van der Waals surface area contributed by atoms with Crippen LogP contribution >= 0.6 is 15.9 Å². The van der Waals surface area contributed by atoms with Gasteiger partial charge in [-0.25, -0.2) is 12.8 Å². The van der Waals surface area contributed by atoms with Crippen molar-refractivity contribution in [2.24, 2.45) is 0 Å². The Labute approximate surface area is 254 Å². The highest BCUT2D eigenvalue weighted by molar-refractivity contribution is 9.10. The molecule has 1 atom stereocenters. The average Bonchev–Trinajstić information content (AvgIpc) is 2.99. The van der Waals surface area contributed by atoms with Crippen LogP contribution in [0.4, 0.5) is 10.1 Å². The monoisotopic (exact) mass is 651 g/mol. The summed E-state index contributed by atoms with van der Waals surface area (Å²) in [6.07, 6.45) is 0.192. The molecule has 218 valence electrons. The topological polar surface area (TPSA) is 86.8 Å². The maximum Gasteiger partial charge on any atom is 0.264 e. The van der Waals surface area contributed by atoms with Crippen molar-refractivity contribution in [1.82, 2.24) is 10.2 Å². The number of sulfonamides is 1. The van der Waals surface area contributed by atoms with Crippen LogP contribution < -0.4 is 9.62 Å². The molecule has 0 saturated heterocycles. The number of anilines is 1. The van der Waals surface area contributed by atoms with Crippen molar-refractivity contribution in [2.45, 2.75) is 30.8 Å². The number of rotatable bonds is 12. The molecule has 10 heteroatoms. The van der Waals surface area contributed by atoms with E-state index in [0.717, 1.165) is 26.0 Å². The fourth-order valence-electron chi connectivity index (χ4n) is 4.57. The first-order valence-corrected chi connectivity index (χ1v) is 15.6. The smallest absolute Gasteiger partial charge is 0.264 e. The van der Waals surface area contributed by atoms with Gasteiger partial charge in [-0.05, 0) is 54.4 Å². The van der Waals surface area contributed by atoms with Crippen molar-refractivity contribution in [2.75, 3.05) is 17.4 Å². The Morgan fingerprint density at radius 3 is 2.12 bits per heavy atom. The van der Waals surface area contributed by atoms with E-state index in [1.54, 1.807) is 25.1 Å². The molecule has 0 radical (unpaired) electrons. The van der Waals surface area contributed by atoms with E-state index >= 15 is 4.39 Å². The maximum atomic E-state index is 15.1. The molecule has 42 heavy (non-hydrogen) atoms. The quantitative estimate of drug-likeness (QED) is 0.217. The molecule has 7 nitrogen and oxygen atoms in total. The minimum Gasteiger partial charge on any atom is -0.355 e. The Balaban J connectivity index is 1.80. The van der Waals surface area contributed by atoms with E-state index in [-0.39, 0.29) is 29.5 Å². The summed E-state index contributed by atoms with van der Waals surface area (Å²) in [5.41, 5.74) is 1.28. The van der Waals surface area contributed by atoms with E-state index in [4.69, 9.17) is 0 Å². The van der Waals surface area contributed by atoms with Crippen molar-refractivity contribution in [3.05, 3.63) is 131 Å². The number of carbonyl (C=O) groups is 2. The Bertz CT molecular complexity index is 1620. The fraction of sp³-hybridized carbons (Fsp3) is 0.188. The van der Waals surface area contributed by atoms with Gasteiger partial charge in [0.2, 0.25) is 11.8 Å². The molecule has 0 aromatic heterocycles. The third-order valence-corrected chi connectivity index (χ3v) is 8.86. The molecule has 0 aliphatic heterocycles. The number of likely N-dealkylation sites (N-methyl/N-ethyl adjacent to an activating group) is 1. The number of amides is 2. The molecule has 0 heterocycles. The standard InChI is InChI=1S/C32H31BrFN3O4S/c1-2-35-32(39)30(21-24-12-5-3-6-13-24)36(22-25-14-11-15-26(33)20-25)31(38)23-37(29-19-10-9-18-28(29)34)42(40,41)27-16-7-4-8-17-27/h3-20,30H,2,21-23H2,1H3,(H,35,39)/t30-/m0/s1. The number of carbonyl (C=O) groups excluding carboxylic acids is 2. The van der Waals surface area contributed by atoms with Gasteiger partial charge in [-0.15, -0.1) is 0 Å². The molecule has 0 fully saturated rings. The lowest BCUT2D eigenvalue weighted by Crippen LogP contribution is -2.53. The summed E-state index contributed by atoms with van der Waals surface area (Å²) in [5.74, 6) is -1.84. The zero-order valence-electron chi connectivity index (χ0n) is 23.0. The van der Waals surface area contributed by atoms with Crippen LogP contribution in [0.5, 0.6) is 0 Å². The van der Waals surface area contributed by atoms with E-state index in [0.29, 0.717) is 6.54 Å². The van der Waals surface area contributed by atoms with Crippen molar-refractivity contribution >= 4 is 43.5 Å². The van der Waals surface area contributed by atoms with Crippen LogP contribution in [0.15, 0.2) is 119 Å². The largest absolute Gasteiger partial charge is 0.355 e. The van der Waals surface area contributed by atoms with Crippen LogP contribution in [0.25, 0.3) is 0 Å². The minimum absolute atomic E-state index is 0.0173. The molecular formula is C32H31BrFN3O4S. The first-order valence-electron chi connectivity index (χ1n) is 13.4. The van der Waals surface area contributed by atoms with Gasteiger partial charge in [0.15, 0.2) is 0 Å². The average molecular weight is 653 g/mol. The van der Waals surface area contributed by atoms with Crippen LogP contribution in [0.2, 0.25) is 0 Å². The van der Waals surface area contributed by atoms with E-state index in [2.05, 4.69) is 21.2 Å². The summed E-state index contributed by atoms with van der Waals surface area (Å²) >= 11 is 3.45. The molecule has 0 spiro atoms. The van der Waals surface area contributed by atoms with Crippen molar-refractivity contribution in [3.63, 3.8) is 0 Å².